The van der Waals surface area contributed by atoms with E-state index in [4.69, 9.17) is 0 Å². The molecule has 1 aliphatic rings. The van der Waals surface area contributed by atoms with E-state index in [2.05, 4.69) is 0 Å². The third-order valence-electron chi connectivity index (χ3n) is 3.18. The molecule has 1 aromatic carbocycles. The molecule has 0 aliphatic carbocycles. The van der Waals surface area contributed by atoms with Crippen LogP contribution in [0.4, 0.5) is 13.2 Å². The molecule has 0 radical (unpaired) electrons. The van der Waals surface area contributed by atoms with Crippen LogP contribution >= 0.6 is 0 Å². The van der Waals surface area contributed by atoms with Crippen molar-refractivity contribution in [1.29, 1.82) is 0 Å². The minimum Gasteiger partial charge on any atom is -0.207 e. The molecule has 19 heavy (non-hydrogen) atoms. The second-order valence-electron chi connectivity index (χ2n) is 4.48. The zero-order chi connectivity index (χ0) is 14.1. The van der Waals surface area contributed by atoms with Crippen LogP contribution in [0.1, 0.15) is 19.3 Å². The first-order valence-electron chi connectivity index (χ1n) is 5.97. The third kappa shape index (κ3) is 2.92. The van der Waals surface area contributed by atoms with Gasteiger partial charge in [-0.3, -0.25) is 0 Å². The molecule has 0 aromatic heterocycles. The van der Waals surface area contributed by atoms with Gasteiger partial charge in [-0.15, -0.1) is 0 Å². The number of hydrogen-bond acceptors (Lipinski definition) is 2. The fourth-order valence-corrected chi connectivity index (χ4v) is 3.95. The van der Waals surface area contributed by atoms with Gasteiger partial charge in [-0.05, 0) is 25.0 Å². The van der Waals surface area contributed by atoms with Gasteiger partial charge >= 0.3 is 6.18 Å². The van der Waals surface area contributed by atoms with Crippen LogP contribution in [0.5, 0.6) is 0 Å². The predicted molar refractivity (Wildman–Crippen MR) is 64.0 cm³/mol. The third-order valence-corrected chi connectivity index (χ3v) is 5.10. The van der Waals surface area contributed by atoms with E-state index >= 15 is 0 Å². The number of hydrogen-bond donors (Lipinski definition) is 0. The Balaban J connectivity index is 2.38. The molecule has 0 N–H and O–H groups in total. The van der Waals surface area contributed by atoms with Crippen molar-refractivity contribution in [3.8, 4) is 0 Å². The molecule has 0 saturated carbocycles. The average molecular weight is 293 g/mol. The Morgan fingerprint density at radius 2 is 1.74 bits per heavy atom. The summed E-state index contributed by atoms with van der Waals surface area (Å²) in [6.45, 7) is -0.0819. The summed E-state index contributed by atoms with van der Waals surface area (Å²) in [6.07, 6.45) is -3.85. The number of piperidine rings is 1. The van der Waals surface area contributed by atoms with Crippen LogP contribution in [0.2, 0.25) is 0 Å². The van der Waals surface area contributed by atoms with Gasteiger partial charge in [0.05, 0.1) is 4.90 Å². The highest BCUT2D eigenvalue weighted by atomic mass is 32.2. The summed E-state index contributed by atoms with van der Waals surface area (Å²) >= 11 is 0. The molecule has 1 fully saturated rings. The number of alkyl halides is 3. The molecule has 1 aliphatic heterocycles. The highest BCUT2D eigenvalue weighted by molar-refractivity contribution is 7.89. The first kappa shape index (κ1) is 14.3. The van der Waals surface area contributed by atoms with Gasteiger partial charge in [0.25, 0.3) is 0 Å². The number of rotatable bonds is 2. The molecule has 0 bridgehead atoms. The van der Waals surface area contributed by atoms with E-state index in [1.165, 1.54) is 24.3 Å². The van der Waals surface area contributed by atoms with Crippen molar-refractivity contribution in [2.24, 2.45) is 0 Å². The second kappa shape index (κ2) is 5.13. The van der Waals surface area contributed by atoms with Crippen LogP contribution in [0.3, 0.4) is 0 Å². The van der Waals surface area contributed by atoms with Gasteiger partial charge in [-0.2, -0.15) is 17.5 Å². The summed E-state index contributed by atoms with van der Waals surface area (Å²) in [6, 6.07) is 5.34. The Kier molecular flexibility index (Phi) is 3.87. The summed E-state index contributed by atoms with van der Waals surface area (Å²) in [5.41, 5.74) is 0. The highest BCUT2D eigenvalue weighted by Gasteiger charge is 2.48. The molecule has 0 spiro atoms. The van der Waals surface area contributed by atoms with Crippen LogP contribution in [0.25, 0.3) is 0 Å². The van der Waals surface area contributed by atoms with Crippen LogP contribution in [0.15, 0.2) is 35.2 Å². The van der Waals surface area contributed by atoms with Crippen molar-refractivity contribution >= 4 is 10.0 Å². The van der Waals surface area contributed by atoms with Gasteiger partial charge in [0.1, 0.15) is 6.04 Å². The molecule has 7 heteroatoms. The lowest BCUT2D eigenvalue weighted by Crippen LogP contribution is -2.51. The minimum atomic E-state index is -4.53. The van der Waals surface area contributed by atoms with E-state index in [9.17, 15) is 21.6 Å². The van der Waals surface area contributed by atoms with Crippen molar-refractivity contribution in [2.45, 2.75) is 36.4 Å². The molecule has 0 amide bonds. The predicted octanol–water partition coefficient (Wildman–Crippen LogP) is 2.79. The van der Waals surface area contributed by atoms with Crippen LogP contribution in [-0.2, 0) is 10.0 Å². The molecule has 3 nitrogen and oxygen atoms in total. The number of sulfonamides is 1. The molecule has 1 heterocycles. The Morgan fingerprint density at radius 1 is 1.11 bits per heavy atom. The average Bonchev–Trinajstić information content (AvgIpc) is 2.39. The molecular formula is C12H14F3NO2S. The maximum atomic E-state index is 12.9. The van der Waals surface area contributed by atoms with Gasteiger partial charge in [-0.25, -0.2) is 8.42 Å². The lowest BCUT2D eigenvalue weighted by molar-refractivity contribution is -0.177. The summed E-state index contributed by atoms with van der Waals surface area (Å²) in [7, 11) is -4.08. The van der Waals surface area contributed by atoms with Gasteiger partial charge in [0.2, 0.25) is 10.0 Å². The second-order valence-corrected chi connectivity index (χ2v) is 6.37. The van der Waals surface area contributed by atoms with E-state index in [1.54, 1.807) is 6.07 Å². The van der Waals surface area contributed by atoms with Gasteiger partial charge < -0.3 is 0 Å². The Bertz CT molecular complexity index is 528. The topological polar surface area (TPSA) is 37.4 Å². The lowest BCUT2D eigenvalue weighted by Gasteiger charge is -2.35. The van der Waals surface area contributed by atoms with Crippen LogP contribution < -0.4 is 0 Å². The molecule has 2 rings (SSSR count). The summed E-state index contributed by atoms with van der Waals surface area (Å²) in [4.78, 5) is -0.0915. The Morgan fingerprint density at radius 3 is 2.32 bits per heavy atom. The van der Waals surface area contributed by atoms with E-state index in [0.717, 1.165) is 0 Å². The van der Waals surface area contributed by atoms with Gasteiger partial charge in [0, 0.05) is 6.54 Å². The minimum absolute atomic E-state index is 0.0819. The quantitative estimate of drug-likeness (QED) is 0.841. The zero-order valence-electron chi connectivity index (χ0n) is 10.1. The largest absolute Gasteiger partial charge is 0.405 e. The Labute approximate surface area is 110 Å². The first-order valence-corrected chi connectivity index (χ1v) is 7.41. The monoisotopic (exact) mass is 293 g/mol. The summed E-state index contributed by atoms with van der Waals surface area (Å²) in [5, 5.41) is 0. The van der Waals surface area contributed by atoms with E-state index in [-0.39, 0.29) is 17.9 Å². The van der Waals surface area contributed by atoms with Crippen molar-refractivity contribution in [2.75, 3.05) is 6.54 Å². The maximum absolute atomic E-state index is 12.9. The molecule has 106 valence electrons. The number of halogens is 3. The Hall–Kier alpha value is -1.08. The number of benzene rings is 1. The molecule has 1 unspecified atom stereocenters. The first-order chi connectivity index (χ1) is 8.83. The molecule has 1 saturated heterocycles. The lowest BCUT2D eigenvalue weighted by atomic mass is 10.1. The molecular weight excluding hydrogens is 279 g/mol. The molecule has 1 aromatic rings. The van der Waals surface area contributed by atoms with Crippen molar-refractivity contribution in [3.05, 3.63) is 30.3 Å². The van der Waals surface area contributed by atoms with Crippen molar-refractivity contribution in [3.63, 3.8) is 0 Å². The smallest absolute Gasteiger partial charge is 0.207 e. The normalized spacial score (nSPS) is 22.4. The van der Waals surface area contributed by atoms with Crippen molar-refractivity contribution in [1.82, 2.24) is 4.31 Å². The van der Waals surface area contributed by atoms with Crippen LogP contribution in [-0.4, -0.2) is 31.5 Å². The fourth-order valence-electron chi connectivity index (χ4n) is 2.25. The SMILES string of the molecule is O=S(=O)(c1ccccc1)N1CCCCC1C(F)(F)F. The van der Waals surface area contributed by atoms with Gasteiger partial charge in [0.15, 0.2) is 0 Å². The fraction of sp³-hybridized carbons (Fsp3) is 0.500. The van der Waals surface area contributed by atoms with Crippen molar-refractivity contribution < 1.29 is 21.6 Å². The van der Waals surface area contributed by atoms with Crippen LogP contribution in [0, 0.1) is 0 Å². The van der Waals surface area contributed by atoms with E-state index < -0.39 is 22.2 Å². The maximum Gasteiger partial charge on any atom is 0.405 e. The highest BCUT2D eigenvalue weighted by Crippen LogP contribution is 2.35. The van der Waals surface area contributed by atoms with E-state index in [0.29, 0.717) is 17.1 Å². The standard InChI is InChI=1S/C12H14F3NO2S/c13-12(14,15)11-8-4-5-9-16(11)19(17,18)10-6-2-1-3-7-10/h1-3,6-7,11H,4-5,8-9H2. The summed E-state index contributed by atoms with van der Waals surface area (Å²) < 4.78 is 63.9. The number of nitrogens with zero attached hydrogens (tertiary/aromatic N) is 1. The molecule has 1 atom stereocenters. The van der Waals surface area contributed by atoms with Gasteiger partial charge in [-0.1, -0.05) is 24.6 Å². The summed E-state index contributed by atoms with van der Waals surface area (Å²) in [5.74, 6) is 0. The zero-order valence-corrected chi connectivity index (χ0v) is 10.9. The van der Waals surface area contributed by atoms with E-state index in [1.807, 2.05) is 0 Å².